The number of likely N-dealkylation sites (N-methyl/N-ethyl adjacent to an activating group) is 1. The van der Waals surface area contributed by atoms with E-state index in [9.17, 15) is 4.79 Å². The van der Waals surface area contributed by atoms with Crippen LogP contribution < -0.4 is 10.6 Å². The molecule has 5 nitrogen and oxygen atoms in total. The molecule has 2 aromatic rings. The SMILES string of the molecule is CN(C)CCNC(=O)c1ccc(Nc2ccc(Cl)c(Cl)c2)nc1. The van der Waals surface area contributed by atoms with Crippen LogP contribution in [-0.4, -0.2) is 43.0 Å². The van der Waals surface area contributed by atoms with Crippen LogP contribution in [-0.2, 0) is 0 Å². The highest BCUT2D eigenvalue weighted by Crippen LogP contribution is 2.26. The summed E-state index contributed by atoms with van der Waals surface area (Å²) in [5.74, 6) is 0.480. The van der Waals surface area contributed by atoms with Gasteiger partial charge in [0, 0.05) is 25.0 Å². The number of pyridine rings is 1. The van der Waals surface area contributed by atoms with Crippen molar-refractivity contribution in [1.82, 2.24) is 15.2 Å². The van der Waals surface area contributed by atoms with Crippen LogP contribution in [0.15, 0.2) is 36.5 Å². The van der Waals surface area contributed by atoms with Crippen LogP contribution in [0.25, 0.3) is 0 Å². The maximum Gasteiger partial charge on any atom is 0.252 e. The minimum atomic E-state index is -0.138. The minimum Gasteiger partial charge on any atom is -0.351 e. The molecule has 0 aliphatic carbocycles. The minimum absolute atomic E-state index is 0.138. The number of anilines is 2. The molecule has 23 heavy (non-hydrogen) atoms. The van der Waals surface area contributed by atoms with Gasteiger partial charge in [0.25, 0.3) is 5.91 Å². The predicted molar refractivity (Wildman–Crippen MR) is 94.9 cm³/mol. The Balaban J connectivity index is 1.96. The Morgan fingerprint density at radius 3 is 2.57 bits per heavy atom. The summed E-state index contributed by atoms with van der Waals surface area (Å²) >= 11 is 11.8. The van der Waals surface area contributed by atoms with Gasteiger partial charge < -0.3 is 15.5 Å². The zero-order chi connectivity index (χ0) is 16.8. The van der Waals surface area contributed by atoms with E-state index < -0.39 is 0 Å². The average molecular weight is 353 g/mol. The fraction of sp³-hybridized carbons (Fsp3) is 0.250. The van der Waals surface area contributed by atoms with Crippen molar-refractivity contribution in [2.45, 2.75) is 0 Å². The molecule has 0 aliphatic rings. The Hall–Kier alpha value is -1.82. The van der Waals surface area contributed by atoms with Gasteiger partial charge in [0.1, 0.15) is 5.82 Å². The van der Waals surface area contributed by atoms with Crippen molar-refractivity contribution >= 4 is 40.6 Å². The van der Waals surface area contributed by atoms with Gasteiger partial charge >= 0.3 is 0 Å². The molecule has 1 aromatic carbocycles. The molecule has 0 unspecified atom stereocenters. The van der Waals surface area contributed by atoms with Crippen molar-refractivity contribution < 1.29 is 4.79 Å². The van der Waals surface area contributed by atoms with Crippen LogP contribution >= 0.6 is 23.2 Å². The van der Waals surface area contributed by atoms with Crippen LogP contribution in [0.4, 0.5) is 11.5 Å². The van der Waals surface area contributed by atoms with E-state index in [0.717, 1.165) is 12.2 Å². The standard InChI is InChI=1S/C16H18Cl2N4O/c1-22(2)8-7-19-16(23)11-3-6-15(20-10-11)21-12-4-5-13(17)14(18)9-12/h3-6,9-10H,7-8H2,1-2H3,(H,19,23)(H,20,21). The second kappa shape index (κ2) is 8.15. The lowest BCUT2D eigenvalue weighted by atomic mass is 10.2. The van der Waals surface area contributed by atoms with E-state index in [1.807, 2.05) is 19.0 Å². The highest BCUT2D eigenvalue weighted by molar-refractivity contribution is 6.42. The van der Waals surface area contributed by atoms with E-state index in [-0.39, 0.29) is 5.91 Å². The highest BCUT2D eigenvalue weighted by Gasteiger charge is 2.06. The van der Waals surface area contributed by atoms with Crippen molar-refractivity contribution in [3.63, 3.8) is 0 Å². The number of hydrogen-bond donors (Lipinski definition) is 2. The van der Waals surface area contributed by atoms with Crippen LogP contribution in [0.1, 0.15) is 10.4 Å². The Kier molecular flexibility index (Phi) is 6.21. The summed E-state index contributed by atoms with van der Waals surface area (Å²) in [6, 6.07) is 8.69. The van der Waals surface area contributed by atoms with Gasteiger partial charge in [-0.3, -0.25) is 4.79 Å². The molecular weight excluding hydrogens is 335 g/mol. The summed E-state index contributed by atoms with van der Waals surface area (Å²) in [6.07, 6.45) is 1.53. The number of aromatic nitrogens is 1. The highest BCUT2D eigenvalue weighted by atomic mass is 35.5. The fourth-order valence-electron chi connectivity index (χ4n) is 1.82. The van der Waals surface area contributed by atoms with E-state index in [1.54, 1.807) is 30.3 Å². The summed E-state index contributed by atoms with van der Waals surface area (Å²) < 4.78 is 0. The largest absolute Gasteiger partial charge is 0.351 e. The molecule has 0 saturated heterocycles. The van der Waals surface area contributed by atoms with Gasteiger partial charge in [0.15, 0.2) is 0 Å². The molecule has 0 saturated carbocycles. The topological polar surface area (TPSA) is 57.3 Å². The third-order valence-electron chi connectivity index (χ3n) is 3.06. The van der Waals surface area contributed by atoms with Crippen molar-refractivity contribution in [3.05, 3.63) is 52.1 Å². The van der Waals surface area contributed by atoms with Gasteiger partial charge in [-0.2, -0.15) is 0 Å². The molecule has 0 spiro atoms. The van der Waals surface area contributed by atoms with Crippen LogP contribution in [0.5, 0.6) is 0 Å². The van der Waals surface area contributed by atoms with Crippen LogP contribution in [0.3, 0.4) is 0 Å². The van der Waals surface area contributed by atoms with Gasteiger partial charge in [0.2, 0.25) is 0 Å². The summed E-state index contributed by atoms with van der Waals surface area (Å²) in [4.78, 5) is 18.2. The maximum absolute atomic E-state index is 12.0. The lowest BCUT2D eigenvalue weighted by molar-refractivity contribution is 0.0950. The quantitative estimate of drug-likeness (QED) is 0.836. The first kappa shape index (κ1) is 17.5. The lowest BCUT2D eigenvalue weighted by Gasteiger charge is -2.11. The summed E-state index contributed by atoms with van der Waals surface area (Å²) in [5, 5.41) is 6.91. The first-order valence-electron chi connectivity index (χ1n) is 7.07. The number of benzene rings is 1. The van der Waals surface area contributed by atoms with Crippen molar-refractivity contribution in [1.29, 1.82) is 0 Å². The van der Waals surface area contributed by atoms with Gasteiger partial charge in [-0.15, -0.1) is 0 Å². The van der Waals surface area contributed by atoms with Crippen LogP contribution in [0, 0.1) is 0 Å². The number of carbonyl (C=O) groups excluding carboxylic acids is 1. The van der Waals surface area contributed by atoms with E-state index in [1.165, 1.54) is 6.20 Å². The van der Waals surface area contributed by atoms with E-state index >= 15 is 0 Å². The summed E-state index contributed by atoms with van der Waals surface area (Å²) in [5.41, 5.74) is 1.29. The normalized spacial score (nSPS) is 10.7. The molecule has 1 aromatic heterocycles. The number of nitrogens with zero attached hydrogens (tertiary/aromatic N) is 2. The first-order chi connectivity index (χ1) is 11.0. The fourth-order valence-corrected chi connectivity index (χ4v) is 2.12. The Labute approximate surface area is 145 Å². The monoisotopic (exact) mass is 352 g/mol. The molecule has 1 heterocycles. The molecular formula is C16H18Cl2N4O. The van der Waals surface area contributed by atoms with Gasteiger partial charge in [-0.25, -0.2) is 4.98 Å². The zero-order valence-corrected chi connectivity index (χ0v) is 14.4. The Bertz CT molecular complexity index is 674. The smallest absolute Gasteiger partial charge is 0.252 e. The van der Waals surface area contributed by atoms with E-state index in [4.69, 9.17) is 23.2 Å². The molecule has 0 bridgehead atoms. The number of rotatable bonds is 6. The second-order valence-corrected chi connectivity index (χ2v) is 6.06. The molecule has 2 rings (SSSR count). The molecule has 2 N–H and O–H groups in total. The van der Waals surface area contributed by atoms with Gasteiger partial charge in [-0.1, -0.05) is 23.2 Å². The number of amides is 1. The molecule has 0 aliphatic heterocycles. The number of carbonyl (C=O) groups is 1. The van der Waals surface area contributed by atoms with E-state index in [2.05, 4.69) is 15.6 Å². The lowest BCUT2D eigenvalue weighted by Crippen LogP contribution is -2.31. The van der Waals surface area contributed by atoms with Crippen molar-refractivity contribution in [2.75, 3.05) is 32.5 Å². The van der Waals surface area contributed by atoms with Gasteiger partial charge in [-0.05, 0) is 44.4 Å². The van der Waals surface area contributed by atoms with Crippen molar-refractivity contribution in [2.24, 2.45) is 0 Å². The molecule has 1 amide bonds. The van der Waals surface area contributed by atoms with Crippen molar-refractivity contribution in [3.8, 4) is 0 Å². The molecule has 0 atom stereocenters. The Morgan fingerprint density at radius 2 is 1.96 bits per heavy atom. The first-order valence-corrected chi connectivity index (χ1v) is 7.82. The number of halogens is 2. The number of nitrogens with one attached hydrogen (secondary N) is 2. The average Bonchev–Trinajstić information content (AvgIpc) is 2.51. The number of hydrogen-bond acceptors (Lipinski definition) is 4. The maximum atomic E-state index is 12.0. The summed E-state index contributed by atoms with van der Waals surface area (Å²) in [7, 11) is 3.91. The van der Waals surface area contributed by atoms with E-state index in [0.29, 0.717) is 28.0 Å². The van der Waals surface area contributed by atoms with Gasteiger partial charge in [0.05, 0.1) is 15.6 Å². The molecule has 0 fully saturated rings. The third-order valence-corrected chi connectivity index (χ3v) is 3.80. The molecule has 7 heteroatoms. The Morgan fingerprint density at radius 1 is 1.17 bits per heavy atom. The third kappa shape index (κ3) is 5.39. The summed E-state index contributed by atoms with van der Waals surface area (Å²) in [6.45, 7) is 1.38. The molecule has 122 valence electrons. The van der Waals surface area contributed by atoms with Crippen LogP contribution in [0.2, 0.25) is 10.0 Å². The molecule has 0 radical (unpaired) electrons. The predicted octanol–water partition coefficient (Wildman–Crippen LogP) is 3.42. The second-order valence-electron chi connectivity index (χ2n) is 5.25. The zero-order valence-electron chi connectivity index (χ0n) is 12.9.